The molecule has 0 spiro atoms. The quantitative estimate of drug-likeness (QED) is 0.453. The maximum atomic E-state index is 5.93. The average Bonchev–Trinajstić information content (AvgIpc) is 2.75. The Morgan fingerprint density at radius 1 is 1.27 bits per heavy atom. The van der Waals surface area contributed by atoms with Crippen molar-refractivity contribution in [2.24, 2.45) is 5.92 Å². The first-order valence-corrected chi connectivity index (χ1v) is 12.1. The van der Waals surface area contributed by atoms with Crippen molar-refractivity contribution < 1.29 is 4.74 Å². The molecule has 1 aliphatic carbocycles. The topological polar surface area (TPSA) is 27.7 Å². The number of hydrogen-bond acceptors (Lipinski definition) is 3. The molecule has 1 fully saturated rings. The third-order valence-electron chi connectivity index (χ3n) is 6.39. The van der Waals surface area contributed by atoms with Gasteiger partial charge in [-0.2, -0.15) is 0 Å². The molecule has 2 aliphatic rings. The summed E-state index contributed by atoms with van der Waals surface area (Å²) >= 11 is 5.93. The Kier molecular flexibility index (Phi) is 9.16. The Bertz CT molecular complexity index is 712. The predicted molar refractivity (Wildman–Crippen MR) is 131 cm³/mol. The second-order valence-corrected chi connectivity index (χ2v) is 9.40. The van der Waals surface area contributed by atoms with E-state index in [9.17, 15) is 0 Å². The summed E-state index contributed by atoms with van der Waals surface area (Å²) in [6.45, 7) is 13.7. The third kappa shape index (κ3) is 6.79. The molecule has 0 saturated carbocycles. The van der Waals surface area contributed by atoms with Crippen molar-refractivity contribution in [2.75, 3.05) is 51.3 Å². The molecule has 1 N–H and O–H groups in total. The van der Waals surface area contributed by atoms with Crippen LogP contribution in [0.5, 0.6) is 0 Å². The van der Waals surface area contributed by atoms with Crippen LogP contribution in [0.3, 0.4) is 0 Å². The Morgan fingerprint density at radius 3 is 2.77 bits per heavy atom. The van der Waals surface area contributed by atoms with Crippen LogP contribution >= 0.6 is 12.2 Å². The van der Waals surface area contributed by atoms with Gasteiger partial charge in [0.05, 0.1) is 13.2 Å². The van der Waals surface area contributed by atoms with E-state index in [2.05, 4.69) is 66.2 Å². The normalized spacial score (nSPS) is 19.8. The first kappa shape index (κ1) is 23.2. The van der Waals surface area contributed by atoms with Crippen molar-refractivity contribution in [2.45, 2.75) is 52.4 Å². The van der Waals surface area contributed by atoms with E-state index in [-0.39, 0.29) is 0 Å². The van der Waals surface area contributed by atoms with E-state index in [1.165, 1.54) is 30.4 Å². The number of anilines is 1. The highest BCUT2D eigenvalue weighted by Crippen LogP contribution is 2.26. The second kappa shape index (κ2) is 11.8. The number of ether oxygens (including phenoxy) is 1. The molecule has 0 bridgehead atoms. The summed E-state index contributed by atoms with van der Waals surface area (Å²) in [4.78, 5) is 4.93. The minimum absolute atomic E-state index is 0.513. The van der Waals surface area contributed by atoms with Gasteiger partial charge in [-0.05, 0) is 73.9 Å². The van der Waals surface area contributed by atoms with Crippen molar-refractivity contribution in [1.82, 2.24) is 9.80 Å². The molecule has 4 nitrogen and oxygen atoms in total. The highest BCUT2D eigenvalue weighted by molar-refractivity contribution is 7.80. The van der Waals surface area contributed by atoms with Gasteiger partial charge in [-0.25, -0.2) is 0 Å². The van der Waals surface area contributed by atoms with E-state index in [0.717, 1.165) is 63.2 Å². The zero-order chi connectivity index (χ0) is 21.3. The summed E-state index contributed by atoms with van der Waals surface area (Å²) in [6, 6.07) is 6.52. The number of morpholine rings is 1. The van der Waals surface area contributed by atoms with Crippen LogP contribution in [0.15, 0.2) is 30.4 Å². The molecule has 3 rings (SSSR count). The summed E-state index contributed by atoms with van der Waals surface area (Å²) in [6.07, 6.45) is 9.42. The first-order valence-electron chi connectivity index (χ1n) is 11.6. The van der Waals surface area contributed by atoms with Gasteiger partial charge < -0.3 is 15.0 Å². The van der Waals surface area contributed by atoms with E-state index in [1.807, 2.05) is 0 Å². The molecule has 1 heterocycles. The Morgan fingerprint density at radius 2 is 2.07 bits per heavy atom. The predicted octanol–water partition coefficient (Wildman–Crippen LogP) is 5.20. The van der Waals surface area contributed by atoms with E-state index in [4.69, 9.17) is 17.0 Å². The van der Waals surface area contributed by atoms with Crippen LogP contribution in [0.4, 0.5) is 5.69 Å². The summed E-state index contributed by atoms with van der Waals surface area (Å²) in [7, 11) is 0. The molecule has 30 heavy (non-hydrogen) atoms. The fourth-order valence-corrected chi connectivity index (χ4v) is 4.80. The molecule has 1 aliphatic heterocycles. The fraction of sp³-hybridized carbons (Fsp3) is 0.640. The highest BCUT2D eigenvalue weighted by atomic mass is 32.1. The average molecular weight is 430 g/mol. The van der Waals surface area contributed by atoms with E-state index in [0.29, 0.717) is 11.8 Å². The van der Waals surface area contributed by atoms with E-state index in [1.54, 1.807) is 0 Å². The van der Waals surface area contributed by atoms with Crippen LogP contribution in [0.1, 0.15) is 56.6 Å². The smallest absolute Gasteiger partial charge is 0.173 e. The van der Waals surface area contributed by atoms with Crippen LogP contribution < -0.4 is 5.32 Å². The molecular formula is C25H39N3OS. The fourth-order valence-electron chi connectivity index (χ4n) is 4.53. The molecule has 1 aromatic rings. The number of rotatable bonds is 8. The standard InChI is InChI=1S/C25H39N3OS/c1-20(2)23-11-7-12-24(21(23)3)26-25(30)28(19-22-9-5-4-6-10-22)14-8-13-27-15-17-29-18-16-27/h4-5,7,11-12,20,22H,6,8-10,13-19H2,1-3H3,(H,26,30). The van der Waals surface area contributed by atoms with Crippen LogP contribution in [0.25, 0.3) is 0 Å². The Labute approximate surface area is 188 Å². The van der Waals surface area contributed by atoms with Crippen molar-refractivity contribution in [3.05, 3.63) is 41.5 Å². The first-order chi connectivity index (χ1) is 14.5. The molecule has 0 amide bonds. The van der Waals surface area contributed by atoms with Gasteiger partial charge in [0.2, 0.25) is 0 Å². The Balaban J connectivity index is 1.63. The number of thiocarbonyl (C=S) groups is 1. The maximum absolute atomic E-state index is 5.93. The van der Waals surface area contributed by atoms with Gasteiger partial charge in [-0.15, -0.1) is 0 Å². The lowest BCUT2D eigenvalue weighted by atomic mass is 9.94. The van der Waals surface area contributed by atoms with Gasteiger partial charge in [-0.1, -0.05) is 38.1 Å². The lowest BCUT2D eigenvalue weighted by molar-refractivity contribution is 0.0367. The van der Waals surface area contributed by atoms with Crippen LogP contribution in [-0.4, -0.2) is 60.8 Å². The molecule has 1 saturated heterocycles. The maximum Gasteiger partial charge on any atom is 0.173 e. The molecule has 1 aromatic carbocycles. The van der Waals surface area contributed by atoms with Gasteiger partial charge in [0.1, 0.15) is 0 Å². The number of nitrogens with one attached hydrogen (secondary N) is 1. The minimum atomic E-state index is 0.513. The molecule has 1 atom stereocenters. The number of nitrogens with zero attached hydrogens (tertiary/aromatic N) is 2. The number of allylic oxidation sites excluding steroid dienone is 2. The van der Waals surface area contributed by atoms with Crippen molar-refractivity contribution in [1.29, 1.82) is 0 Å². The molecular weight excluding hydrogens is 390 g/mol. The molecule has 0 aromatic heterocycles. The summed E-state index contributed by atoms with van der Waals surface area (Å²) in [5.74, 6) is 1.21. The molecule has 5 heteroatoms. The van der Waals surface area contributed by atoms with Crippen molar-refractivity contribution in [3.8, 4) is 0 Å². The largest absolute Gasteiger partial charge is 0.379 e. The number of hydrogen-bond donors (Lipinski definition) is 1. The van der Waals surface area contributed by atoms with Crippen LogP contribution in [0, 0.1) is 12.8 Å². The van der Waals surface area contributed by atoms with Crippen LogP contribution in [0.2, 0.25) is 0 Å². The van der Waals surface area contributed by atoms with Gasteiger partial charge in [0, 0.05) is 38.4 Å². The molecule has 1 unspecified atom stereocenters. The van der Waals surface area contributed by atoms with Crippen molar-refractivity contribution in [3.63, 3.8) is 0 Å². The third-order valence-corrected chi connectivity index (χ3v) is 6.75. The van der Waals surface area contributed by atoms with Gasteiger partial charge >= 0.3 is 0 Å². The van der Waals surface area contributed by atoms with Gasteiger partial charge in [0.25, 0.3) is 0 Å². The highest BCUT2D eigenvalue weighted by Gasteiger charge is 2.19. The van der Waals surface area contributed by atoms with Gasteiger partial charge in [-0.3, -0.25) is 4.90 Å². The van der Waals surface area contributed by atoms with Gasteiger partial charge in [0.15, 0.2) is 5.11 Å². The molecule has 0 radical (unpaired) electrons. The minimum Gasteiger partial charge on any atom is -0.379 e. The summed E-state index contributed by atoms with van der Waals surface area (Å²) in [5.41, 5.74) is 3.84. The lowest BCUT2D eigenvalue weighted by Gasteiger charge is -2.32. The van der Waals surface area contributed by atoms with Crippen molar-refractivity contribution >= 4 is 23.0 Å². The summed E-state index contributed by atoms with van der Waals surface area (Å²) in [5, 5.41) is 4.46. The SMILES string of the molecule is Cc1c(NC(=S)N(CCCN2CCOCC2)CC2CC=CCC2)cccc1C(C)C. The van der Waals surface area contributed by atoms with Crippen LogP contribution in [-0.2, 0) is 4.74 Å². The Hall–Kier alpha value is -1.43. The zero-order valence-electron chi connectivity index (χ0n) is 19.0. The van der Waals surface area contributed by atoms with E-state index < -0.39 is 0 Å². The molecule has 166 valence electrons. The zero-order valence-corrected chi connectivity index (χ0v) is 19.8. The lowest BCUT2D eigenvalue weighted by Crippen LogP contribution is -2.42. The van der Waals surface area contributed by atoms with E-state index >= 15 is 0 Å². The monoisotopic (exact) mass is 429 g/mol. The summed E-state index contributed by atoms with van der Waals surface area (Å²) < 4.78 is 5.48. The second-order valence-electron chi connectivity index (χ2n) is 9.01. The number of benzene rings is 1.